The summed E-state index contributed by atoms with van der Waals surface area (Å²) in [6, 6.07) is 0. The molecule has 0 radical (unpaired) electrons. The minimum atomic E-state index is -3.04. The molecule has 0 amide bonds. The monoisotopic (exact) mass is 240 g/mol. The second kappa shape index (κ2) is 6.09. The van der Waals surface area contributed by atoms with Gasteiger partial charge in [0.25, 0.3) is 5.79 Å². The van der Waals surface area contributed by atoms with Gasteiger partial charge in [0.2, 0.25) is 0 Å². The lowest BCUT2D eigenvalue weighted by atomic mass is 10.0. The molecule has 0 bridgehead atoms. The molecule has 0 rings (SSSR count). The molecule has 0 heterocycles. The van der Waals surface area contributed by atoms with E-state index in [0.29, 0.717) is 0 Å². The van der Waals surface area contributed by atoms with Crippen LogP contribution in [0.15, 0.2) is 0 Å². The van der Waals surface area contributed by atoms with Gasteiger partial charge in [-0.05, 0) is 6.92 Å². The molecule has 0 saturated carbocycles. The Balaban J connectivity index is 4.87. The first kappa shape index (κ1) is 15.2. The van der Waals surface area contributed by atoms with E-state index in [1.54, 1.807) is 0 Å². The summed E-state index contributed by atoms with van der Waals surface area (Å²) in [7, 11) is 0. The van der Waals surface area contributed by atoms with E-state index in [1.165, 1.54) is 6.92 Å². The van der Waals surface area contributed by atoms with Crippen LogP contribution in [0.25, 0.3) is 0 Å². The lowest BCUT2D eigenvalue weighted by Gasteiger charge is -2.32. The molecule has 96 valence electrons. The van der Waals surface area contributed by atoms with Crippen LogP contribution in [-0.4, -0.2) is 73.9 Å². The Kier molecular flexibility index (Phi) is 5.79. The van der Waals surface area contributed by atoms with Crippen LogP contribution in [0.3, 0.4) is 0 Å². The van der Waals surface area contributed by atoms with Crippen LogP contribution in [0, 0.1) is 0 Å². The molecule has 0 fully saturated rings. The average Bonchev–Trinajstić information content (AvgIpc) is 2.25. The molecular weight excluding hydrogens is 224 g/mol. The van der Waals surface area contributed by atoms with Crippen molar-refractivity contribution >= 4 is 5.97 Å². The molecule has 0 aliphatic carbocycles. The standard InChI is InChI=1S/C8H16O8/c1-2-16-8(15,7(13)14)6(12)5(11)4(10)3-9/h4-6,9-12,15H,2-3H2,1H3,(H,13,14)/t4-,5+,6-,8-/m0/s1. The molecule has 6 N–H and O–H groups in total. The minimum absolute atomic E-state index is 0.234. The quantitative estimate of drug-likeness (QED) is 0.256. The van der Waals surface area contributed by atoms with Gasteiger partial charge >= 0.3 is 5.97 Å². The van der Waals surface area contributed by atoms with Gasteiger partial charge in [-0.3, -0.25) is 0 Å². The molecule has 4 atom stereocenters. The van der Waals surface area contributed by atoms with Crippen molar-refractivity contribution in [1.82, 2.24) is 0 Å². The maximum Gasteiger partial charge on any atom is 0.367 e. The molecule has 0 aromatic carbocycles. The average molecular weight is 240 g/mol. The first-order valence-electron chi connectivity index (χ1n) is 4.56. The molecule has 0 saturated heterocycles. The molecular formula is C8H16O8. The number of carboxylic acid groups (broad SMARTS) is 1. The Morgan fingerprint density at radius 3 is 2.19 bits per heavy atom. The maximum absolute atomic E-state index is 10.7. The van der Waals surface area contributed by atoms with Crippen LogP contribution in [0.4, 0.5) is 0 Å². The summed E-state index contributed by atoms with van der Waals surface area (Å²) in [4.78, 5) is 10.7. The van der Waals surface area contributed by atoms with Gasteiger partial charge in [0.05, 0.1) is 6.61 Å². The molecule has 0 spiro atoms. The summed E-state index contributed by atoms with van der Waals surface area (Å²) < 4.78 is 4.42. The van der Waals surface area contributed by atoms with Gasteiger partial charge in [0, 0.05) is 6.61 Å². The van der Waals surface area contributed by atoms with E-state index in [0.717, 1.165) is 0 Å². The molecule has 0 aromatic heterocycles. The Hall–Kier alpha value is -0.770. The topological polar surface area (TPSA) is 148 Å². The highest BCUT2D eigenvalue weighted by Crippen LogP contribution is 2.18. The largest absolute Gasteiger partial charge is 0.477 e. The van der Waals surface area contributed by atoms with Crippen molar-refractivity contribution in [3.05, 3.63) is 0 Å². The van der Waals surface area contributed by atoms with Crippen molar-refractivity contribution in [2.45, 2.75) is 31.0 Å². The van der Waals surface area contributed by atoms with E-state index >= 15 is 0 Å². The summed E-state index contributed by atoms with van der Waals surface area (Å²) >= 11 is 0. The third kappa shape index (κ3) is 3.11. The second-order valence-corrected chi connectivity index (χ2v) is 3.12. The van der Waals surface area contributed by atoms with Crippen molar-refractivity contribution in [2.75, 3.05) is 13.2 Å². The van der Waals surface area contributed by atoms with Gasteiger partial charge in [-0.1, -0.05) is 0 Å². The van der Waals surface area contributed by atoms with Gasteiger partial charge in [-0.2, -0.15) is 0 Å². The van der Waals surface area contributed by atoms with Gasteiger partial charge in [0.15, 0.2) is 0 Å². The van der Waals surface area contributed by atoms with E-state index in [-0.39, 0.29) is 6.61 Å². The Labute approximate surface area is 91.3 Å². The van der Waals surface area contributed by atoms with Crippen LogP contribution in [0.5, 0.6) is 0 Å². The fourth-order valence-corrected chi connectivity index (χ4v) is 1.04. The predicted molar refractivity (Wildman–Crippen MR) is 49.3 cm³/mol. The van der Waals surface area contributed by atoms with Crippen LogP contribution in [-0.2, 0) is 9.53 Å². The highest BCUT2D eigenvalue weighted by atomic mass is 16.7. The number of aliphatic hydroxyl groups excluding tert-OH is 4. The van der Waals surface area contributed by atoms with Crippen molar-refractivity contribution in [1.29, 1.82) is 0 Å². The van der Waals surface area contributed by atoms with Gasteiger partial charge in [-0.15, -0.1) is 0 Å². The first-order valence-corrected chi connectivity index (χ1v) is 4.56. The van der Waals surface area contributed by atoms with Crippen LogP contribution < -0.4 is 0 Å². The maximum atomic E-state index is 10.7. The Morgan fingerprint density at radius 1 is 1.38 bits per heavy atom. The Bertz CT molecular complexity index is 232. The lowest BCUT2D eigenvalue weighted by Crippen LogP contribution is -2.59. The zero-order valence-electron chi connectivity index (χ0n) is 8.65. The fourth-order valence-electron chi connectivity index (χ4n) is 1.04. The summed E-state index contributed by atoms with van der Waals surface area (Å²) in [5.74, 6) is -4.95. The molecule has 0 unspecified atom stereocenters. The third-order valence-corrected chi connectivity index (χ3v) is 1.98. The van der Waals surface area contributed by atoms with Gasteiger partial charge < -0.3 is 35.4 Å². The van der Waals surface area contributed by atoms with Gasteiger partial charge in [-0.25, -0.2) is 4.79 Å². The summed E-state index contributed by atoms with van der Waals surface area (Å²) in [5, 5.41) is 54.2. The first-order chi connectivity index (χ1) is 7.31. The predicted octanol–water partition coefficient (Wildman–Crippen LogP) is -3.13. The highest BCUT2D eigenvalue weighted by Gasteiger charge is 2.50. The van der Waals surface area contributed by atoms with E-state index in [4.69, 9.17) is 15.3 Å². The van der Waals surface area contributed by atoms with Crippen LogP contribution >= 0.6 is 0 Å². The van der Waals surface area contributed by atoms with Crippen molar-refractivity contribution in [3.63, 3.8) is 0 Å². The minimum Gasteiger partial charge on any atom is -0.477 e. The summed E-state index contributed by atoms with van der Waals surface area (Å²) in [6.07, 6.45) is -6.15. The van der Waals surface area contributed by atoms with Crippen LogP contribution in [0.2, 0.25) is 0 Å². The van der Waals surface area contributed by atoms with Crippen molar-refractivity contribution in [2.24, 2.45) is 0 Å². The smallest absolute Gasteiger partial charge is 0.367 e. The zero-order chi connectivity index (χ0) is 12.9. The van der Waals surface area contributed by atoms with Gasteiger partial charge in [0.1, 0.15) is 18.3 Å². The zero-order valence-corrected chi connectivity index (χ0v) is 8.65. The number of carbonyl (C=O) groups is 1. The summed E-state index contributed by atoms with van der Waals surface area (Å²) in [6.45, 7) is 0.233. The number of hydrogen-bond donors (Lipinski definition) is 6. The SMILES string of the molecule is CCO[C@](O)(C(=O)O)[C@@H](O)[C@H](O)[C@@H](O)CO. The third-order valence-electron chi connectivity index (χ3n) is 1.98. The number of ether oxygens (including phenoxy) is 1. The molecule has 0 aliphatic heterocycles. The van der Waals surface area contributed by atoms with Crippen LogP contribution in [0.1, 0.15) is 6.92 Å². The molecule has 16 heavy (non-hydrogen) atoms. The number of rotatable bonds is 7. The summed E-state index contributed by atoms with van der Waals surface area (Å²) in [5.41, 5.74) is 0. The fraction of sp³-hybridized carbons (Fsp3) is 0.875. The van der Waals surface area contributed by atoms with E-state index < -0.39 is 36.7 Å². The lowest BCUT2D eigenvalue weighted by molar-refractivity contribution is -0.277. The Morgan fingerprint density at radius 2 is 1.88 bits per heavy atom. The van der Waals surface area contributed by atoms with E-state index in [2.05, 4.69) is 4.74 Å². The normalized spacial score (nSPS) is 20.9. The highest BCUT2D eigenvalue weighted by molar-refractivity contribution is 5.76. The number of carboxylic acids is 1. The second-order valence-electron chi connectivity index (χ2n) is 3.12. The number of aliphatic hydroxyl groups is 5. The van der Waals surface area contributed by atoms with E-state index in [9.17, 15) is 20.1 Å². The molecule has 0 aliphatic rings. The van der Waals surface area contributed by atoms with E-state index in [1.807, 2.05) is 0 Å². The van der Waals surface area contributed by atoms with Crippen molar-refractivity contribution < 1.29 is 40.2 Å². The number of hydrogen-bond acceptors (Lipinski definition) is 7. The van der Waals surface area contributed by atoms with Crippen molar-refractivity contribution in [3.8, 4) is 0 Å². The molecule has 0 aromatic rings. The molecule has 8 heteroatoms. The molecule has 8 nitrogen and oxygen atoms in total. The number of aliphatic carboxylic acids is 1.